The molecule has 1 rings (SSSR count). The smallest absolute Gasteiger partial charge is 0.160 e. The highest BCUT2D eigenvalue weighted by Gasteiger charge is 2.05. The van der Waals surface area contributed by atoms with Gasteiger partial charge in [-0.3, -0.25) is 0 Å². The fourth-order valence-electron chi connectivity index (χ4n) is 1.30. The maximum Gasteiger partial charge on any atom is 0.160 e. The summed E-state index contributed by atoms with van der Waals surface area (Å²) in [6.07, 6.45) is 0. The van der Waals surface area contributed by atoms with Crippen LogP contribution in [0, 0.1) is 0 Å². The Morgan fingerprint density at radius 3 is 1.30 bits per heavy atom. The van der Waals surface area contributed by atoms with Gasteiger partial charge in [0.15, 0.2) is 15.7 Å². The molecule has 0 saturated carbocycles. The van der Waals surface area contributed by atoms with Crippen LogP contribution in [0.4, 0.5) is 0 Å². The highest BCUT2D eigenvalue weighted by Crippen LogP contribution is 1.65. The average Bonchev–Trinajstić information content (AvgIpc) is 2.07. The summed E-state index contributed by atoms with van der Waals surface area (Å²) >= 11 is 0. The molecule has 0 aliphatic heterocycles. The van der Waals surface area contributed by atoms with Crippen LogP contribution in [0.1, 0.15) is 0 Å². The summed E-state index contributed by atoms with van der Waals surface area (Å²) in [7, 11) is 10.8. The first-order chi connectivity index (χ1) is 4.55. The van der Waals surface area contributed by atoms with Gasteiger partial charge in [-0.1, -0.05) is 10.9 Å². The highest BCUT2D eigenvalue weighted by atomic mass is 14.9. The van der Waals surface area contributed by atoms with Gasteiger partial charge < -0.3 is 4.57 Å². The predicted molar refractivity (Wildman–Crippen MR) is 58.1 cm³/mol. The van der Waals surface area contributed by atoms with Crippen LogP contribution in [0.25, 0.3) is 0 Å². The Bertz CT molecular complexity index is 185. The predicted octanol–water partition coefficient (Wildman–Crippen LogP) is -5.94. The average molecular weight is 128 g/mol. The number of nitrogens with zero attached hydrogens (tertiary/aromatic N) is 1. The monoisotopic (exact) mass is 129 g/mol. The lowest BCUT2D eigenvalue weighted by molar-refractivity contribution is 0.995. The van der Waals surface area contributed by atoms with E-state index < -0.39 is 0 Å². The summed E-state index contributed by atoms with van der Waals surface area (Å²) in [5.41, 5.74) is 5.63. The molecular formula is C5H11B4N. The Labute approximate surface area is 65.8 Å². The molecule has 0 fully saturated rings. The van der Waals surface area contributed by atoms with Crippen molar-refractivity contribution in [1.82, 2.24) is 4.57 Å². The normalized spacial score (nSPS) is 10.1. The molecule has 0 radical (unpaired) electrons. The van der Waals surface area contributed by atoms with Crippen LogP contribution >= 0.6 is 0 Å². The molecule has 0 unspecified atom stereocenters. The zero-order valence-electron chi connectivity index (χ0n) is 7.45. The van der Waals surface area contributed by atoms with Crippen molar-refractivity contribution in [2.24, 2.45) is 7.05 Å². The van der Waals surface area contributed by atoms with Crippen LogP contribution in [0.15, 0.2) is 0 Å². The minimum atomic E-state index is 1.38. The summed E-state index contributed by atoms with van der Waals surface area (Å²) in [6.45, 7) is 0. The van der Waals surface area contributed by atoms with E-state index in [0.717, 1.165) is 0 Å². The summed E-state index contributed by atoms with van der Waals surface area (Å²) in [4.78, 5) is 0. The maximum absolute atomic E-state index is 2.24. The molecule has 0 atom stereocenters. The van der Waals surface area contributed by atoms with Gasteiger partial charge in [-0.2, -0.15) is 0 Å². The number of aromatic nitrogens is 1. The summed E-state index contributed by atoms with van der Waals surface area (Å²) in [6, 6.07) is 0. The molecule has 1 heterocycles. The lowest BCUT2D eigenvalue weighted by Gasteiger charge is -1.99. The van der Waals surface area contributed by atoms with Gasteiger partial charge in [-0.15, -0.1) is 0 Å². The molecule has 0 bridgehead atoms. The molecule has 0 amide bonds. The second-order valence-corrected chi connectivity index (χ2v) is 2.98. The molecule has 1 aromatic heterocycles. The summed E-state index contributed by atoms with van der Waals surface area (Å²) < 4.78 is 2.24. The second kappa shape index (κ2) is 2.30. The van der Waals surface area contributed by atoms with Gasteiger partial charge in [-0.05, 0) is 11.2 Å². The van der Waals surface area contributed by atoms with Crippen LogP contribution in [0.2, 0.25) is 0 Å². The lowest BCUT2D eigenvalue weighted by Crippen LogP contribution is -2.37. The first kappa shape index (κ1) is 7.64. The quantitative estimate of drug-likeness (QED) is 0.307. The molecular weight excluding hydrogens is 117 g/mol. The van der Waals surface area contributed by atoms with E-state index in [4.69, 9.17) is 0 Å². The van der Waals surface area contributed by atoms with Crippen molar-refractivity contribution in [3.05, 3.63) is 0 Å². The van der Waals surface area contributed by atoms with E-state index in [9.17, 15) is 0 Å². The molecule has 0 aromatic carbocycles. The molecule has 10 heavy (non-hydrogen) atoms. The topological polar surface area (TPSA) is 4.93 Å². The summed E-state index contributed by atoms with van der Waals surface area (Å²) in [5, 5.41) is 0. The first-order valence-electron chi connectivity index (χ1n) is 3.64. The Hall–Kier alpha value is -0.460. The third kappa shape index (κ3) is 0.845. The molecule has 0 aliphatic carbocycles. The van der Waals surface area contributed by atoms with Crippen molar-refractivity contribution < 1.29 is 0 Å². The molecule has 48 valence electrons. The molecule has 5 heteroatoms. The zero-order valence-corrected chi connectivity index (χ0v) is 7.45. The minimum Gasteiger partial charge on any atom is -0.371 e. The molecule has 1 nitrogen and oxygen atoms in total. The van der Waals surface area contributed by atoms with Crippen LogP contribution in [0.3, 0.4) is 0 Å². The van der Waals surface area contributed by atoms with Crippen molar-refractivity contribution in [1.29, 1.82) is 0 Å². The van der Waals surface area contributed by atoms with Crippen molar-refractivity contribution in [2.75, 3.05) is 0 Å². The maximum atomic E-state index is 2.24. The van der Waals surface area contributed by atoms with Crippen molar-refractivity contribution in [3.63, 3.8) is 0 Å². The molecule has 0 aliphatic rings. The fourth-order valence-corrected chi connectivity index (χ4v) is 1.30. The fraction of sp³-hybridized carbons (Fsp3) is 0.200. The molecule has 0 N–H and O–H groups in total. The lowest BCUT2D eigenvalue weighted by atomic mass is 9.75. The Kier molecular flexibility index (Phi) is 1.76. The number of hydrogen-bond donors (Lipinski definition) is 0. The van der Waals surface area contributed by atoms with E-state index in [1.165, 1.54) is 22.1 Å². The summed E-state index contributed by atoms with van der Waals surface area (Å²) in [5.74, 6) is 0. The van der Waals surface area contributed by atoms with Crippen molar-refractivity contribution >= 4 is 53.5 Å². The van der Waals surface area contributed by atoms with Gasteiger partial charge in [0.05, 0.1) is 0 Å². The van der Waals surface area contributed by atoms with E-state index in [0.29, 0.717) is 0 Å². The van der Waals surface area contributed by atoms with Gasteiger partial charge in [0.1, 0.15) is 15.7 Å². The highest BCUT2D eigenvalue weighted by molar-refractivity contribution is 6.62. The number of hydrogen-bond acceptors (Lipinski definition) is 0. The molecule has 1 aromatic rings. The standard InChI is InChI=1S/C5H11B4N/c1-10-4(8)2(6)3(7)5(10)9/h6-9H2,1H3. The number of rotatable bonds is 0. The Morgan fingerprint density at radius 1 is 0.900 bits per heavy atom. The van der Waals surface area contributed by atoms with Gasteiger partial charge in [0.25, 0.3) is 0 Å². The van der Waals surface area contributed by atoms with Gasteiger partial charge in [-0.25, -0.2) is 0 Å². The Balaban J connectivity index is 3.44. The third-order valence-corrected chi connectivity index (χ3v) is 2.65. The zero-order chi connectivity index (χ0) is 7.89. The van der Waals surface area contributed by atoms with Gasteiger partial charge in [0.2, 0.25) is 0 Å². The Morgan fingerprint density at radius 2 is 1.20 bits per heavy atom. The van der Waals surface area contributed by atoms with Crippen LogP contribution in [-0.4, -0.2) is 36.0 Å². The second-order valence-electron chi connectivity index (χ2n) is 2.98. The van der Waals surface area contributed by atoms with Crippen LogP contribution in [0.5, 0.6) is 0 Å². The van der Waals surface area contributed by atoms with Crippen molar-refractivity contribution in [3.8, 4) is 0 Å². The van der Waals surface area contributed by atoms with Crippen LogP contribution < -0.4 is 22.1 Å². The third-order valence-electron chi connectivity index (χ3n) is 2.65. The molecule has 0 saturated heterocycles. The van der Waals surface area contributed by atoms with E-state index in [2.05, 4.69) is 43.0 Å². The largest absolute Gasteiger partial charge is 0.371 e. The van der Waals surface area contributed by atoms with Crippen LogP contribution in [-0.2, 0) is 7.05 Å². The van der Waals surface area contributed by atoms with E-state index in [1.54, 1.807) is 0 Å². The van der Waals surface area contributed by atoms with Gasteiger partial charge >= 0.3 is 0 Å². The van der Waals surface area contributed by atoms with Crippen molar-refractivity contribution in [2.45, 2.75) is 0 Å². The SMILES string of the molecule is Bc1c(B)c(B)n(C)c1B. The van der Waals surface area contributed by atoms with E-state index >= 15 is 0 Å². The van der Waals surface area contributed by atoms with Gasteiger partial charge in [0, 0.05) is 7.05 Å². The van der Waals surface area contributed by atoms with E-state index in [1.807, 2.05) is 0 Å². The first-order valence-corrected chi connectivity index (χ1v) is 3.64. The molecule has 0 spiro atoms. The minimum absolute atomic E-state index is 1.38. The van der Waals surface area contributed by atoms with E-state index in [-0.39, 0.29) is 0 Å².